The van der Waals surface area contributed by atoms with E-state index in [4.69, 9.17) is 24.7 Å². The lowest BCUT2D eigenvalue weighted by atomic mass is 9.82. The number of methoxy groups -OCH3 is 3. The number of Topliss-reactive ketones (excluding diaryl/α,β-unsaturated/α-hetero) is 2. The van der Waals surface area contributed by atoms with Crippen molar-refractivity contribution in [2.24, 2.45) is 22.6 Å². The Balaban J connectivity index is 2.20. The lowest BCUT2D eigenvalue weighted by Crippen LogP contribution is -2.39. The summed E-state index contributed by atoms with van der Waals surface area (Å²) < 4.78 is 22.2. The van der Waals surface area contributed by atoms with Gasteiger partial charge in [-0.15, -0.1) is 0 Å². The highest BCUT2D eigenvalue weighted by atomic mass is 16.6. The molecule has 2 amide bonds. The van der Waals surface area contributed by atoms with Gasteiger partial charge in [0.05, 0.1) is 36.6 Å². The summed E-state index contributed by atoms with van der Waals surface area (Å²) >= 11 is 0. The van der Waals surface area contributed by atoms with Gasteiger partial charge in [-0.3, -0.25) is 19.4 Å². The third-order valence-corrected chi connectivity index (χ3v) is 8.29. The predicted octanol–water partition coefficient (Wildman–Crippen LogP) is 3.34. The number of nitrogens with one attached hydrogen (secondary N) is 1. The van der Waals surface area contributed by atoms with E-state index in [2.05, 4.69) is 10.3 Å². The molecule has 0 saturated heterocycles. The van der Waals surface area contributed by atoms with Crippen LogP contribution >= 0.6 is 0 Å². The molecule has 0 saturated carbocycles. The number of carbonyl (C=O) groups is 4. The molecular weight excluding hydrogens is 606 g/mol. The molecule has 0 aromatic heterocycles. The van der Waals surface area contributed by atoms with Gasteiger partial charge in [0.2, 0.25) is 11.6 Å². The highest BCUT2D eigenvalue weighted by Crippen LogP contribution is 2.33. The van der Waals surface area contributed by atoms with E-state index >= 15 is 0 Å². The molecule has 0 radical (unpaired) electrons. The van der Waals surface area contributed by atoms with Gasteiger partial charge in [0, 0.05) is 37.5 Å². The standard InChI is InChI=1S/C35H45N3O9/c1-19-16-23-30(40)28(27(31(41)33(23)46-7)24-13-9-8-10-15-37-24)38-34(42)20(2)12-11-14-25(44-5)32(47-35(36)43)22(4)18-21(3)29(39)26(17-19)45-6/h8-15,18-19,21,24-26,29,32,39H,16-17H2,1-7H3,(H2,36,43)(H,38,42)/b14-11-,20-12+,22-18+/t19-,21+,24?,25+,26+,29-,32+/m1/s1. The zero-order chi connectivity index (χ0) is 34.8. The fourth-order valence-corrected chi connectivity index (χ4v) is 5.80. The minimum atomic E-state index is -1.01. The minimum Gasteiger partial charge on any atom is -0.492 e. The number of carbonyl (C=O) groups excluding carboxylic acids is 4. The van der Waals surface area contributed by atoms with Gasteiger partial charge in [-0.1, -0.05) is 56.4 Å². The largest absolute Gasteiger partial charge is 0.492 e. The Bertz CT molecular complexity index is 1460. The van der Waals surface area contributed by atoms with Crippen LogP contribution in [0.25, 0.3) is 0 Å². The lowest BCUT2D eigenvalue weighted by molar-refractivity contribution is -0.121. The van der Waals surface area contributed by atoms with Gasteiger partial charge in [0.1, 0.15) is 6.10 Å². The molecule has 0 aromatic carbocycles. The van der Waals surface area contributed by atoms with Gasteiger partial charge < -0.3 is 35.1 Å². The monoisotopic (exact) mass is 651 g/mol. The molecule has 1 unspecified atom stereocenters. The number of amides is 2. The second-order valence-electron chi connectivity index (χ2n) is 11.8. The van der Waals surface area contributed by atoms with Gasteiger partial charge in [-0.2, -0.15) is 0 Å². The van der Waals surface area contributed by atoms with Crippen LogP contribution in [0.1, 0.15) is 40.5 Å². The number of ether oxygens (including phenoxy) is 4. The van der Waals surface area contributed by atoms with Crippen LogP contribution in [0.15, 0.2) is 87.3 Å². The molecule has 1 aliphatic carbocycles. The number of aliphatic imine (C=N–C) groups is 1. The zero-order valence-corrected chi connectivity index (χ0v) is 27.9. The molecular formula is C35H45N3O9. The summed E-state index contributed by atoms with van der Waals surface area (Å²) in [5, 5.41) is 14.0. The van der Waals surface area contributed by atoms with Crippen molar-refractivity contribution in [2.75, 3.05) is 21.3 Å². The first kappa shape index (κ1) is 37.1. The Morgan fingerprint density at radius 3 is 2.36 bits per heavy atom. The van der Waals surface area contributed by atoms with E-state index in [0.29, 0.717) is 12.0 Å². The van der Waals surface area contributed by atoms with Crippen molar-refractivity contribution >= 4 is 29.8 Å². The maximum absolute atomic E-state index is 14.2. The summed E-state index contributed by atoms with van der Waals surface area (Å²) in [4.78, 5) is 57.9. The first-order chi connectivity index (χ1) is 22.3. The topological polar surface area (TPSA) is 176 Å². The second kappa shape index (κ2) is 17.0. The lowest BCUT2D eigenvalue weighted by Gasteiger charge is -2.30. The third-order valence-electron chi connectivity index (χ3n) is 8.29. The number of nitrogens with two attached hydrogens (primary N) is 1. The van der Waals surface area contributed by atoms with E-state index in [0.717, 1.165) is 0 Å². The highest BCUT2D eigenvalue weighted by Gasteiger charge is 2.40. The molecule has 7 atom stereocenters. The molecule has 3 rings (SSSR count). The maximum Gasteiger partial charge on any atom is 0.405 e. The van der Waals surface area contributed by atoms with Crippen LogP contribution in [-0.4, -0.2) is 86.7 Å². The number of aliphatic hydroxyl groups excluding tert-OH is 1. The van der Waals surface area contributed by atoms with E-state index in [1.54, 1.807) is 63.3 Å². The number of allylic oxidation sites excluding steroid dienone is 7. The normalized spacial score (nSPS) is 32.6. The molecule has 3 aliphatic rings. The second-order valence-corrected chi connectivity index (χ2v) is 11.8. The number of hydrogen-bond donors (Lipinski definition) is 3. The van der Waals surface area contributed by atoms with Gasteiger partial charge in [0.15, 0.2) is 11.9 Å². The van der Waals surface area contributed by atoms with E-state index < -0.39 is 59.9 Å². The quantitative estimate of drug-likeness (QED) is 0.297. The van der Waals surface area contributed by atoms with E-state index in [1.165, 1.54) is 33.6 Å². The minimum absolute atomic E-state index is 0.0199. The molecule has 0 spiro atoms. The summed E-state index contributed by atoms with van der Waals surface area (Å²) in [6.45, 7) is 6.94. The molecule has 47 heavy (non-hydrogen) atoms. The van der Waals surface area contributed by atoms with Crippen LogP contribution in [-0.2, 0) is 33.3 Å². The molecule has 12 nitrogen and oxygen atoms in total. The van der Waals surface area contributed by atoms with Crippen molar-refractivity contribution in [3.8, 4) is 0 Å². The van der Waals surface area contributed by atoms with Gasteiger partial charge in [-0.25, -0.2) is 4.79 Å². The summed E-state index contributed by atoms with van der Waals surface area (Å²) in [5.41, 5.74) is 6.06. The zero-order valence-electron chi connectivity index (χ0n) is 27.9. The summed E-state index contributed by atoms with van der Waals surface area (Å²) in [6, 6.07) is -0.860. The molecule has 254 valence electrons. The SMILES string of the molecule is COC1=C2C[C@@H](C)C[C@H](OC)[C@H](O)[C@@H](C)/C=C(\C)[C@H](OC(N)=O)[C@@H](OC)/C=C\C=C(/C)C(=O)NC(=C(C3C=CC=CC=N3)C1=O)C2=O. The summed E-state index contributed by atoms with van der Waals surface area (Å²) in [6.07, 6.45) is 10.6. The van der Waals surface area contributed by atoms with Gasteiger partial charge >= 0.3 is 6.09 Å². The van der Waals surface area contributed by atoms with Crippen LogP contribution in [0.5, 0.6) is 0 Å². The van der Waals surface area contributed by atoms with Gasteiger partial charge in [0.25, 0.3) is 5.91 Å². The summed E-state index contributed by atoms with van der Waals surface area (Å²) in [5.74, 6) is -2.62. The van der Waals surface area contributed by atoms with Crippen molar-refractivity contribution in [2.45, 2.75) is 71.0 Å². The smallest absolute Gasteiger partial charge is 0.405 e. The van der Waals surface area contributed by atoms with Crippen LogP contribution < -0.4 is 11.1 Å². The van der Waals surface area contributed by atoms with Crippen molar-refractivity contribution in [3.63, 3.8) is 0 Å². The van der Waals surface area contributed by atoms with E-state index in [9.17, 15) is 24.3 Å². The number of hydrogen-bond acceptors (Lipinski definition) is 10. The van der Waals surface area contributed by atoms with Crippen molar-refractivity contribution in [1.82, 2.24) is 5.32 Å². The molecule has 0 aromatic rings. The molecule has 4 N–H and O–H groups in total. The predicted molar refractivity (Wildman–Crippen MR) is 176 cm³/mol. The number of primary amides is 1. The molecule has 2 bridgehead atoms. The Labute approximate surface area is 275 Å². The molecule has 2 heterocycles. The average Bonchev–Trinajstić information content (AvgIpc) is 3.31. The first-order valence-corrected chi connectivity index (χ1v) is 15.4. The molecule has 0 fully saturated rings. The fourth-order valence-electron chi connectivity index (χ4n) is 5.80. The fraction of sp³-hybridized carbons (Fsp3) is 0.457. The van der Waals surface area contributed by atoms with Crippen molar-refractivity contribution in [3.05, 3.63) is 82.4 Å². The maximum atomic E-state index is 14.2. The number of rotatable bonds is 5. The van der Waals surface area contributed by atoms with Crippen LogP contribution in [0.4, 0.5) is 4.79 Å². The Hall–Kier alpha value is -4.39. The van der Waals surface area contributed by atoms with Crippen LogP contribution in [0.3, 0.4) is 0 Å². The molecule has 12 heteroatoms. The highest BCUT2D eigenvalue weighted by molar-refractivity contribution is 6.26. The van der Waals surface area contributed by atoms with Crippen molar-refractivity contribution < 1.29 is 43.2 Å². The number of fused-ring (bicyclic) bond motifs is 2. The average molecular weight is 652 g/mol. The Morgan fingerprint density at radius 2 is 1.72 bits per heavy atom. The van der Waals surface area contributed by atoms with E-state index in [-0.39, 0.29) is 40.5 Å². The number of nitrogens with zero attached hydrogens (tertiary/aromatic N) is 1. The number of ketones is 2. The Kier molecular flexibility index (Phi) is 13.4. The van der Waals surface area contributed by atoms with Crippen molar-refractivity contribution in [1.29, 1.82) is 0 Å². The first-order valence-electron chi connectivity index (χ1n) is 15.4. The van der Waals surface area contributed by atoms with Crippen LogP contribution in [0.2, 0.25) is 0 Å². The van der Waals surface area contributed by atoms with Crippen LogP contribution in [0, 0.1) is 11.8 Å². The third kappa shape index (κ3) is 9.12. The van der Waals surface area contributed by atoms with E-state index in [1.807, 2.05) is 6.92 Å². The summed E-state index contributed by atoms with van der Waals surface area (Å²) in [7, 11) is 4.23. The number of aliphatic hydroxyl groups is 1. The molecule has 2 aliphatic heterocycles. The Morgan fingerprint density at radius 1 is 1.00 bits per heavy atom. The van der Waals surface area contributed by atoms with Gasteiger partial charge in [-0.05, 0) is 44.3 Å².